The summed E-state index contributed by atoms with van der Waals surface area (Å²) in [6.45, 7) is 10.2. The lowest BCUT2D eigenvalue weighted by atomic mass is 9.92. The van der Waals surface area contributed by atoms with E-state index < -0.39 is 0 Å². The number of rotatable bonds is 5. The van der Waals surface area contributed by atoms with Crippen molar-refractivity contribution in [1.82, 2.24) is 15.1 Å². The summed E-state index contributed by atoms with van der Waals surface area (Å²) in [5.41, 5.74) is 2.70. The Morgan fingerprint density at radius 3 is 2.72 bits per heavy atom. The predicted octanol–water partition coefficient (Wildman–Crippen LogP) is 2.12. The molecular formula is C14H25N3O. The standard InChI is InChI=1S/C14H25N3O/c1-4-12-10-13(17(5-2)16-12)11-15-14(3)6-8-18-9-7-14/h10,15H,4-9,11H2,1-3H3. The number of aromatic nitrogens is 2. The van der Waals surface area contributed by atoms with Crippen LogP contribution in [0, 0.1) is 0 Å². The zero-order valence-electron chi connectivity index (χ0n) is 11.8. The Bertz CT molecular complexity index is 380. The molecule has 4 nitrogen and oxygen atoms in total. The Kier molecular flexibility index (Phi) is 4.40. The molecule has 2 heterocycles. The maximum absolute atomic E-state index is 5.43. The molecule has 0 atom stereocenters. The van der Waals surface area contributed by atoms with Gasteiger partial charge in [-0.1, -0.05) is 6.92 Å². The summed E-state index contributed by atoms with van der Waals surface area (Å²) < 4.78 is 7.53. The van der Waals surface area contributed by atoms with E-state index in [9.17, 15) is 0 Å². The van der Waals surface area contributed by atoms with Crippen molar-refractivity contribution in [1.29, 1.82) is 0 Å². The lowest BCUT2D eigenvalue weighted by Gasteiger charge is -2.34. The molecule has 1 aliphatic rings. The molecule has 0 spiro atoms. The van der Waals surface area contributed by atoms with Gasteiger partial charge in [-0.3, -0.25) is 4.68 Å². The lowest BCUT2D eigenvalue weighted by Crippen LogP contribution is -2.46. The largest absolute Gasteiger partial charge is 0.381 e. The van der Waals surface area contributed by atoms with E-state index in [1.807, 2.05) is 0 Å². The second-order valence-electron chi connectivity index (χ2n) is 5.32. The van der Waals surface area contributed by atoms with E-state index in [0.717, 1.165) is 45.6 Å². The van der Waals surface area contributed by atoms with Gasteiger partial charge in [-0.25, -0.2) is 0 Å². The molecule has 1 N–H and O–H groups in total. The summed E-state index contributed by atoms with van der Waals surface area (Å²) in [4.78, 5) is 0. The summed E-state index contributed by atoms with van der Waals surface area (Å²) in [5.74, 6) is 0. The Labute approximate surface area is 110 Å². The minimum atomic E-state index is 0.216. The molecule has 0 unspecified atom stereocenters. The minimum absolute atomic E-state index is 0.216. The van der Waals surface area contributed by atoms with Crippen molar-refractivity contribution in [3.63, 3.8) is 0 Å². The Morgan fingerprint density at radius 1 is 1.39 bits per heavy atom. The average molecular weight is 251 g/mol. The Balaban J connectivity index is 1.98. The summed E-state index contributed by atoms with van der Waals surface area (Å²) >= 11 is 0. The maximum atomic E-state index is 5.43. The summed E-state index contributed by atoms with van der Waals surface area (Å²) in [5, 5.41) is 8.27. The van der Waals surface area contributed by atoms with Crippen molar-refractivity contribution in [3.05, 3.63) is 17.5 Å². The van der Waals surface area contributed by atoms with Gasteiger partial charge in [0.1, 0.15) is 0 Å². The van der Waals surface area contributed by atoms with Crippen molar-refractivity contribution >= 4 is 0 Å². The van der Waals surface area contributed by atoms with Crippen LogP contribution in [0.2, 0.25) is 0 Å². The molecule has 0 saturated carbocycles. The van der Waals surface area contributed by atoms with Crippen LogP contribution in [0.5, 0.6) is 0 Å². The highest BCUT2D eigenvalue weighted by atomic mass is 16.5. The first-order valence-electron chi connectivity index (χ1n) is 7.05. The maximum Gasteiger partial charge on any atom is 0.0625 e. The van der Waals surface area contributed by atoms with E-state index in [0.29, 0.717) is 0 Å². The zero-order chi connectivity index (χ0) is 13.0. The van der Waals surface area contributed by atoms with E-state index in [2.05, 4.69) is 41.9 Å². The number of nitrogens with zero attached hydrogens (tertiary/aromatic N) is 2. The molecule has 2 rings (SSSR count). The minimum Gasteiger partial charge on any atom is -0.381 e. The molecule has 0 aromatic carbocycles. The van der Waals surface area contributed by atoms with Crippen molar-refractivity contribution < 1.29 is 4.74 Å². The van der Waals surface area contributed by atoms with Gasteiger partial charge in [0.05, 0.1) is 11.4 Å². The Hall–Kier alpha value is -0.870. The lowest BCUT2D eigenvalue weighted by molar-refractivity contribution is 0.0443. The normalized spacial score (nSPS) is 19.1. The second-order valence-corrected chi connectivity index (χ2v) is 5.32. The molecule has 4 heteroatoms. The van der Waals surface area contributed by atoms with E-state index in [1.165, 1.54) is 11.4 Å². The first-order valence-corrected chi connectivity index (χ1v) is 7.05. The fraction of sp³-hybridized carbons (Fsp3) is 0.786. The van der Waals surface area contributed by atoms with Crippen LogP contribution in [0.3, 0.4) is 0 Å². The van der Waals surface area contributed by atoms with Crippen LogP contribution in [0.15, 0.2) is 6.07 Å². The highest BCUT2D eigenvalue weighted by Gasteiger charge is 2.26. The van der Waals surface area contributed by atoms with Crippen molar-refractivity contribution in [3.8, 4) is 0 Å². The van der Waals surface area contributed by atoms with Crippen LogP contribution >= 0.6 is 0 Å². The van der Waals surface area contributed by atoms with Gasteiger partial charge in [0, 0.05) is 31.8 Å². The molecule has 1 aliphatic heterocycles. The first-order chi connectivity index (χ1) is 8.67. The van der Waals surface area contributed by atoms with Gasteiger partial charge in [-0.15, -0.1) is 0 Å². The fourth-order valence-corrected chi connectivity index (χ4v) is 2.41. The summed E-state index contributed by atoms with van der Waals surface area (Å²) in [7, 11) is 0. The van der Waals surface area contributed by atoms with Crippen LogP contribution in [-0.4, -0.2) is 28.5 Å². The number of hydrogen-bond donors (Lipinski definition) is 1. The molecule has 0 aliphatic carbocycles. The van der Waals surface area contributed by atoms with Gasteiger partial charge >= 0.3 is 0 Å². The van der Waals surface area contributed by atoms with Gasteiger partial charge in [-0.05, 0) is 39.2 Å². The van der Waals surface area contributed by atoms with Gasteiger partial charge < -0.3 is 10.1 Å². The van der Waals surface area contributed by atoms with Gasteiger partial charge in [0.15, 0.2) is 0 Å². The third-order valence-corrected chi connectivity index (χ3v) is 3.87. The highest BCUT2D eigenvalue weighted by Crippen LogP contribution is 2.20. The molecule has 0 radical (unpaired) electrons. The van der Waals surface area contributed by atoms with E-state index >= 15 is 0 Å². The molecule has 1 saturated heterocycles. The molecule has 0 amide bonds. The van der Waals surface area contributed by atoms with E-state index in [4.69, 9.17) is 4.74 Å². The Morgan fingerprint density at radius 2 is 2.11 bits per heavy atom. The predicted molar refractivity (Wildman–Crippen MR) is 72.6 cm³/mol. The average Bonchev–Trinajstić information content (AvgIpc) is 2.80. The van der Waals surface area contributed by atoms with Crippen LogP contribution in [-0.2, 0) is 24.2 Å². The molecule has 18 heavy (non-hydrogen) atoms. The smallest absolute Gasteiger partial charge is 0.0625 e. The number of nitrogens with one attached hydrogen (secondary N) is 1. The monoisotopic (exact) mass is 251 g/mol. The zero-order valence-corrected chi connectivity index (χ0v) is 11.8. The first kappa shape index (κ1) is 13.6. The van der Waals surface area contributed by atoms with E-state index in [-0.39, 0.29) is 5.54 Å². The third-order valence-electron chi connectivity index (χ3n) is 3.87. The molecule has 1 aromatic heterocycles. The highest BCUT2D eigenvalue weighted by molar-refractivity contribution is 5.11. The van der Waals surface area contributed by atoms with Crippen molar-refractivity contribution in [2.24, 2.45) is 0 Å². The molecule has 0 bridgehead atoms. The molecule has 102 valence electrons. The van der Waals surface area contributed by atoms with Crippen LogP contribution in [0.4, 0.5) is 0 Å². The fourth-order valence-electron chi connectivity index (χ4n) is 2.41. The van der Waals surface area contributed by atoms with Crippen molar-refractivity contribution in [2.75, 3.05) is 13.2 Å². The van der Waals surface area contributed by atoms with Crippen LogP contribution < -0.4 is 5.32 Å². The molecule has 1 aromatic rings. The third kappa shape index (κ3) is 3.12. The summed E-state index contributed by atoms with van der Waals surface area (Å²) in [6.07, 6.45) is 3.19. The second kappa shape index (κ2) is 5.85. The number of ether oxygens (including phenoxy) is 1. The SMILES string of the molecule is CCc1cc(CNC2(C)CCOCC2)n(CC)n1. The number of aryl methyl sites for hydroxylation is 2. The molecule has 1 fully saturated rings. The quantitative estimate of drug-likeness (QED) is 0.871. The molecular weight excluding hydrogens is 226 g/mol. The van der Waals surface area contributed by atoms with Gasteiger partial charge in [-0.2, -0.15) is 5.10 Å². The van der Waals surface area contributed by atoms with Gasteiger partial charge in [0.2, 0.25) is 0 Å². The topological polar surface area (TPSA) is 39.1 Å². The number of hydrogen-bond acceptors (Lipinski definition) is 3. The van der Waals surface area contributed by atoms with Gasteiger partial charge in [0.25, 0.3) is 0 Å². The van der Waals surface area contributed by atoms with Crippen molar-refractivity contribution in [2.45, 2.75) is 58.7 Å². The van der Waals surface area contributed by atoms with Crippen LogP contribution in [0.1, 0.15) is 45.0 Å². The van der Waals surface area contributed by atoms with Crippen LogP contribution in [0.25, 0.3) is 0 Å². The summed E-state index contributed by atoms with van der Waals surface area (Å²) in [6, 6.07) is 2.22. The van der Waals surface area contributed by atoms with E-state index in [1.54, 1.807) is 0 Å².